The molecular weight excluding hydrogens is 344 g/mol. The van der Waals surface area contributed by atoms with Gasteiger partial charge in [-0.3, -0.25) is 19.8 Å². The Morgan fingerprint density at radius 2 is 1.67 bits per heavy atom. The molecule has 1 saturated heterocycles. The van der Waals surface area contributed by atoms with E-state index in [4.69, 9.17) is 0 Å². The molecule has 2 aromatic rings. The third-order valence-corrected chi connectivity index (χ3v) is 4.78. The molecule has 7 heteroatoms. The van der Waals surface area contributed by atoms with Crippen molar-refractivity contribution in [1.29, 1.82) is 0 Å². The highest BCUT2D eigenvalue weighted by atomic mass is 16.6. The first-order valence-electron chi connectivity index (χ1n) is 9.19. The van der Waals surface area contributed by atoms with Crippen LogP contribution in [0.3, 0.4) is 0 Å². The van der Waals surface area contributed by atoms with Gasteiger partial charge in [-0.25, -0.2) is 0 Å². The molecule has 1 amide bonds. The molecule has 1 aliphatic heterocycles. The summed E-state index contributed by atoms with van der Waals surface area (Å²) in [5.74, 6) is -0.392. The van der Waals surface area contributed by atoms with Crippen molar-refractivity contribution in [1.82, 2.24) is 10.2 Å². The predicted molar refractivity (Wildman–Crippen MR) is 105 cm³/mol. The minimum absolute atomic E-state index is 0.110. The molecule has 0 radical (unpaired) electrons. The molecule has 1 N–H and O–H groups in total. The summed E-state index contributed by atoms with van der Waals surface area (Å²) >= 11 is 0. The Morgan fingerprint density at radius 1 is 1.00 bits per heavy atom. The third-order valence-electron chi connectivity index (χ3n) is 4.78. The molecule has 0 bridgehead atoms. The Bertz CT molecular complexity index is 774. The van der Waals surface area contributed by atoms with Crippen molar-refractivity contribution in [3.05, 3.63) is 70.3 Å². The summed E-state index contributed by atoms with van der Waals surface area (Å²) in [4.78, 5) is 27.4. The summed E-state index contributed by atoms with van der Waals surface area (Å²) in [5, 5.41) is 13.8. The Kier molecular flexibility index (Phi) is 6.38. The summed E-state index contributed by atoms with van der Waals surface area (Å²) in [7, 11) is 0. The molecule has 0 aromatic heterocycles. The van der Waals surface area contributed by atoms with Crippen LogP contribution < -0.4 is 10.2 Å². The maximum absolute atomic E-state index is 12.2. The molecule has 0 aliphatic carbocycles. The van der Waals surface area contributed by atoms with Gasteiger partial charge >= 0.3 is 0 Å². The maximum atomic E-state index is 12.2. The molecule has 0 spiro atoms. The van der Waals surface area contributed by atoms with E-state index in [0.29, 0.717) is 6.54 Å². The van der Waals surface area contributed by atoms with Crippen molar-refractivity contribution in [2.75, 3.05) is 44.2 Å². The Labute approximate surface area is 158 Å². The fourth-order valence-electron chi connectivity index (χ4n) is 3.29. The molecule has 2 aromatic carbocycles. The minimum atomic E-state index is -0.527. The van der Waals surface area contributed by atoms with E-state index in [9.17, 15) is 14.9 Å². The number of nitrogens with one attached hydrogen (secondary N) is 1. The molecule has 7 nitrogen and oxygen atoms in total. The van der Waals surface area contributed by atoms with Gasteiger partial charge in [0.25, 0.3) is 11.6 Å². The molecule has 142 valence electrons. The predicted octanol–water partition coefficient (Wildman–Crippen LogP) is 2.54. The first-order chi connectivity index (χ1) is 13.1. The van der Waals surface area contributed by atoms with Crippen LogP contribution in [0.4, 0.5) is 11.4 Å². The van der Waals surface area contributed by atoms with Crippen LogP contribution in [-0.2, 0) is 0 Å². The van der Waals surface area contributed by atoms with Crippen molar-refractivity contribution >= 4 is 17.3 Å². The van der Waals surface area contributed by atoms with E-state index in [1.807, 2.05) is 6.07 Å². The molecular formula is C20H24N4O3. The van der Waals surface area contributed by atoms with Crippen LogP contribution in [0.5, 0.6) is 0 Å². The van der Waals surface area contributed by atoms with E-state index < -0.39 is 10.8 Å². The number of hydrogen-bond acceptors (Lipinski definition) is 5. The number of carbonyl (C=O) groups excluding carboxylic acids is 1. The van der Waals surface area contributed by atoms with Gasteiger partial charge in [-0.05, 0) is 31.2 Å². The zero-order chi connectivity index (χ0) is 19.1. The van der Waals surface area contributed by atoms with E-state index in [1.54, 1.807) is 12.1 Å². The van der Waals surface area contributed by atoms with E-state index in [-0.39, 0.29) is 11.3 Å². The first-order valence-corrected chi connectivity index (χ1v) is 9.19. The zero-order valence-electron chi connectivity index (χ0n) is 15.2. The molecule has 0 atom stereocenters. The maximum Gasteiger partial charge on any atom is 0.282 e. The number of piperazine rings is 1. The third kappa shape index (κ3) is 5.04. The summed E-state index contributed by atoms with van der Waals surface area (Å²) in [6, 6.07) is 16.4. The lowest BCUT2D eigenvalue weighted by Gasteiger charge is -2.36. The molecule has 3 rings (SSSR count). The number of amides is 1. The second-order valence-corrected chi connectivity index (χ2v) is 6.55. The zero-order valence-corrected chi connectivity index (χ0v) is 15.2. The van der Waals surface area contributed by atoms with Crippen molar-refractivity contribution < 1.29 is 9.72 Å². The van der Waals surface area contributed by atoms with Gasteiger partial charge in [0.2, 0.25) is 0 Å². The van der Waals surface area contributed by atoms with Crippen LogP contribution in [0.1, 0.15) is 16.8 Å². The van der Waals surface area contributed by atoms with Crippen LogP contribution in [-0.4, -0.2) is 55.0 Å². The van der Waals surface area contributed by atoms with Crippen molar-refractivity contribution in [2.45, 2.75) is 6.42 Å². The van der Waals surface area contributed by atoms with Gasteiger partial charge in [0, 0.05) is 44.5 Å². The fraction of sp³-hybridized carbons (Fsp3) is 0.350. The van der Waals surface area contributed by atoms with E-state index in [0.717, 1.165) is 39.1 Å². The van der Waals surface area contributed by atoms with E-state index in [1.165, 1.54) is 17.8 Å². The van der Waals surface area contributed by atoms with Crippen molar-refractivity contribution in [3.8, 4) is 0 Å². The van der Waals surface area contributed by atoms with Gasteiger partial charge in [-0.1, -0.05) is 30.3 Å². The fourth-order valence-corrected chi connectivity index (χ4v) is 3.29. The Balaban J connectivity index is 1.39. The standard InChI is InChI=1S/C20H24N4O3/c25-20(18-9-4-5-10-19(18)24(26)27)21-11-6-12-22-13-15-23(16-14-22)17-7-2-1-3-8-17/h1-5,7-10H,6,11-16H2,(H,21,25). The SMILES string of the molecule is O=C(NCCCN1CCN(c2ccccc2)CC1)c1ccccc1[N+](=O)[O-]. The van der Waals surface area contributed by atoms with Gasteiger partial charge in [0.1, 0.15) is 5.56 Å². The number of benzene rings is 2. The number of nitro benzene ring substituents is 1. The molecule has 1 fully saturated rings. The normalized spacial score (nSPS) is 14.7. The van der Waals surface area contributed by atoms with Crippen molar-refractivity contribution in [3.63, 3.8) is 0 Å². The van der Waals surface area contributed by atoms with Crippen LogP contribution in [0.15, 0.2) is 54.6 Å². The lowest BCUT2D eigenvalue weighted by molar-refractivity contribution is -0.385. The van der Waals surface area contributed by atoms with E-state index >= 15 is 0 Å². The largest absolute Gasteiger partial charge is 0.369 e. The number of nitro groups is 1. The van der Waals surface area contributed by atoms with Gasteiger partial charge in [0.15, 0.2) is 0 Å². The summed E-state index contributed by atoms with van der Waals surface area (Å²) < 4.78 is 0. The lowest BCUT2D eigenvalue weighted by atomic mass is 10.1. The number of para-hydroxylation sites is 2. The highest BCUT2D eigenvalue weighted by molar-refractivity contribution is 5.98. The minimum Gasteiger partial charge on any atom is -0.369 e. The summed E-state index contributed by atoms with van der Waals surface area (Å²) in [6.07, 6.45) is 0.817. The topological polar surface area (TPSA) is 78.7 Å². The average molecular weight is 368 g/mol. The molecule has 0 unspecified atom stereocenters. The monoisotopic (exact) mass is 368 g/mol. The molecule has 1 aliphatic rings. The summed E-state index contributed by atoms with van der Waals surface area (Å²) in [5.41, 5.74) is 1.21. The van der Waals surface area contributed by atoms with Crippen LogP contribution in [0, 0.1) is 10.1 Å². The molecule has 1 heterocycles. The quantitative estimate of drug-likeness (QED) is 0.462. The van der Waals surface area contributed by atoms with Gasteiger partial charge in [-0.15, -0.1) is 0 Å². The van der Waals surface area contributed by atoms with Gasteiger partial charge in [-0.2, -0.15) is 0 Å². The van der Waals surface area contributed by atoms with Crippen molar-refractivity contribution in [2.24, 2.45) is 0 Å². The number of carbonyl (C=O) groups is 1. The molecule has 0 saturated carbocycles. The van der Waals surface area contributed by atoms with Gasteiger partial charge in [0.05, 0.1) is 4.92 Å². The molecule has 27 heavy (non-hydrogen) atoms. The number of anilines is 1. The van der Waals surface area contributed by atoms with Crippen LogP contribution in [0.2, 0.25) is 0 Å². The highest BCUT2D eigenvalue weighted by Crippen LogP contribution is 2.17. The second-order valence-electron chi connectivity index (χ2n) is 6.55. The highest BCUT2D eigenvalue weighted by Gasteiger charge is 2.19. The average Bonchev–Trinajstić information content (AvgIpc) is 2.72. The van der Waals surface area contributed by atoms with Crippen LogP contribution in [0.25, 0.3) is 0 Å². The van der Waals surface area contributed by atoms with E-state index in [2.05, 4.69) is 39.4 Å². The second kappa shape index (κ2) is 9.14. The van der Waals surface area contributed by atoms with Crippen LogP contribution >= 0.6 is 0 Å². The smallest absolute Gasteiger partial charge is 0.282 e. The first kappa shape index (κ1) is 18.8. The number of rotatable bonds is 7. The Hall–Kier alpha value is -2.93. The van der Waals surface area contributed by atoms with Gasteiger partial charge < -0.3 is 10.2 Å². The number of hydrogen-bond donors (Lipinski definition) is 1. The summed E-state index contributed by atoms with van der Waals surface area (Å²) in [6.45, 7) is 5.38. The Morgan fingerprint density at radius 3 is 2.37 bits per heavy atom. The lowest BCUT2D eigenvalue weighted by Crippen LogP contribution is -2.47. The number of nitrogens with zero attached hydrogens (tertiary/aromatic N) is 3.